The largest absolute Gasteiger partial charge is 0.486 e. The molecule has 2 amide bonds. The summed E-state index contributed by atoms with van der Waals surface area (Å²) < 4.78 is 5.69. The molecule has 0 radical (unpaired) electrons. The van der Waals surface area contributed by atoms with Gasteiger partial charge in [0.15, 0.2) is 0 Å². The van der Waals surface area contributed by atoms with Gasteiger partial charge in [-0.2, -0.15) is 0 Å². The SMILES string of the molecule is CN(C)C(=O)C1CCN(C(=O)Cc2csc(COc3ccc(Cl)cc3)n2)CC1. The third-order valence-electron chi connectivity index (χ3n) is 4.75. The molecule has 1 saturated heterocycles. The molecule has 0 aliphatic carbocycles. The fraction of sp³-hybridized carbons (Fsp3) is 0.450. The highest BCUT2D eigenvalue weighted by molar-refractivity contribution is 7.09. The predicted molar refractivity (Wildman–Crippen MR) is 110 cm³/mol. The number of likely N-dealkylation sites (tertiary alicyclic amines) is 1. The smallest absolute Gasteiger partial charge is 0.228 e. The number of amides is 2. The molecular weight excluding hydrogens is 398 g/mol. The molecule has 1 aliphatic rings. The second kappa shape index (κ2) is 9.39. The van der Waals surface area contributed by atoms with Crippen LogP contribution in [0.25, 0.3) is 0 Å². The van der Waals surface area contributed by atoms with Gasteiger partial charge in [0.2, 0.25) is 11.8 Å². The third kappa shape index (κ3) is 5.45. The third-order valence-corrected chi connectivity index (χ3v) is 5.87. The lowest BCUT2D eigenvalue weighted by molar-refractivity contribution is -0.138. The summed E-state index contributed by atoms with van der Waals surface area (Å²) in [4.78, 5) is 32.6. The lowest BCUT2D eigenvalue weighted by atomic mass is 9.95. The fourth-order valence-corrected chi connectivity index (χ4v) is 4.01. The summed E-state index contributed by atoms with van der Waals surface area (Å²) in [6, 6.07) is 7.17. The second-order valence-electron chi connectivity index (χ2n) is 7.04. The van der Waals surface area contributed by atoms with Gasteiger partial charge in [-0.3, -0.25) is 9.59 Å². The van der Waals surface area contributed by atoms with Crippen LogP contribution in [0.4, 0.5) is 0 Å². The van der Waals surface area contributed by atoms with Gasteiger partial charge in [-0.25, -0.2) is 4.98 Å². The number of piperidine rings is 1. The maximum absolute atomic E-state index is 12.5. The van der Waals surface area contributed by atoms with Gasteiger partial charge >= 0.3 is 0 Å². The lowest BCUT2D eigenvalue weighted by Crippen LogP contribution is -2.43. The van der Waals surface area contributed by atoms with Crippen molar-refractivity contribution in [2.75, 3.05) is 27.2 Å². The minimum absolute atomic E-state index is 0.0231. The van der Waals surface area contributed by atoms with Crippen LogP contribution in [0, 0.1) is 5.92 Å². The van der Waals surface area contributed by atoms with Crippen LogP contribution in [0.3, 0.4) is 0 Å². The van der Waals surface area contributed by atoms with Crippen molar-refractivity contribution in [3.05, 3.63) is 45.4 Å². The van der Waals surface area contributed by atoms with Crippen molar-refractivity contribution >= 4 is 34.8 Å². The Labute approximate surface area is 174 Å². The number of ether oxygens (including phenoxy) is 1. The molecule has 0 N–H and O–H groups in total. The summed E-state index contributed by atoms with van der Waals surface area (Å²) in [7, 11) is 3.55. The van der Waals surface area contributed by atoms with Crippen molar-refractivity contribution in [2.45, 2.75) is 25.9 Å². The molecule has 0 atom stereocenters. The molecular formula is C20H24ClN3O3S. The Bertz CT molecular complexity index is 814. The molecule has 1 aliphatic heterocycles. The average Bonchev–Trinajstić information content (AvgIpc) is 3.14. The Balaban J connectivity index is 1.46. The van der Waals surface area contributed by atoms with Crippen LogP contribution < -0.4 is 4.74 Å². The standard InChI is InChI=1S/C20H24ClN3O3S/c1-23(2)20(26)14-7-9-24(10-8-14)19(25)11-16-13-28-18(22-16)12-27-17-5-3-15(21)4-6-17/h3-6,13-14H,7-12H2,1-2H3. The van der Waals surface area contributed by atoms with Gasteiger partial charge in [0.25, 0.3) is 0 Å². The van der Waals surface area contributed by atoms with Crippen LogP contribution in [0.15, 0.2) is 29.6 Å². The number of thiazole rings is 1. The number of benzene rings is 1. The number of hydrogen-bond donors (Lipinski definition) is 0. The number of aromatic nitrogens is 1. The van der Waals surface area contributed by atoms with Crippen molar-refractivity contribution < 1.29 is 14.3 Å². The number of nitrogens with zero attached hydrogens (tertiary/aromatic N) is 3. The summed E-state index contributed by atoms with van der Waals surface area (Å²) in [5.74, 6) is 0.963. The molecule has 0 unspecified atom stereocenters. The number of halogens is 1. The molecule has 0 bridgehead atoms. The van der Waals surface area contributed by atoms with Crippen molar-refractivity contribution in [1.29, 1.82) is 0 Å². The van der Waals surface area contributed by atoms with Gasteiger partial charge < -0.3 is 14.5 Å². The predicted octanol–water partition coefficient (Wildman–Crippen LogP) is 3.24. The summed E-state index contributed by atoms with van der Waals surface area (Å²) in [6.45, 7) is 1.61. The van der Waals surface area contributed by atoms with Crippen molar-refractivity contribution in [3.8, 4) is 5.75 Å². The van der Waals surface area contributed by atoms with Gasteiger partial charge in [-0.05, 0) is 37.1 Å². The molecule has 2 heterocycles. The number of hydrogen-bond acceptors (Lipinski definition) is 5. The molecule has 1 aromatic carbocycles. The Morgan fingerprint density at radius 1 is 1.25 bits per heavy atom. The molecule has 0 saturated carbocycles. The first-order valence-corrected chi connectivity index (χ1v) is 10.5. The first kappa shape index (κ1) is 20.6. The van der Waals surface area contributed by atoms with Crippen LogP contribution in [-0.4, -0.2) is 53.8 Å². The first-order chi connectivity index (χ1) is 13.4. The zero-order valence-corrected chi connectivity index (χ0v) is 17.6. The van der Waals surface area contributed by atoms with E-state index < -0.39 is 0 Å². The van der Waals surface area contributed by atoms with Crippen LogP contribution >= 0.6 is 22.9 Å². The Morgan fingerprint density at radius 3 is 2.57 bits per heavy atom. The van der Waals surface area contributed by atoms with E-state index in [1.54, 1.807) is 31.1 Å². The first-order valence-electron chi connectivity index (χ1n) is 9.23. The zero-order valence-electron chi connectivity index (χ0n) is 16.1. The average molecular weight is 422 g/mol. The Morgan fingerprint density at radius 2 is 1.93 bits per heavy atom. The highest BCUT2D eigenvalue weighted by Crippen LogP contribution is 2.21. The van der Waals surface area contributed by atoms with Gasteiger partial charge in [-0.1, -0.05) is 11.6 Å². The molecule has 1 fully saturated rings. The summed E-state index contributed by atoms with van der Waals surface area (Å²) in [6.07, 6.45) is 1.73. The maximum atomic E-state index is 12.5. The minimum Gasteiger partial charge on any atom is -0.486 e. The van der Waals surface area contributed by atoms with Crippen molar-refractivity contribution in [2.24, 2.45) is 5.92 Å². The van der Waals surface area contributed by atoms with Gasteiger partial charge in [0, 0.05) is 43.5 Å². The number of rotatable bonds is 6. The normalized spacial score (nSPS) is 14.8. The van der Waals surface area contributed by atoms with E-state index >= 15 is 0 Å². The second-order valence-corrected chi connectivity index (χ2v) is 8.42. The van der Waals surface area contributed by atoms with E-state index in [4.69, 9.17) is 16.3 Å². The van der Waals surface area contributed by atoms with Gasteiger partial charge in [-0.15, -0.1) is 11.3 Å². The molecule has 8 heteroatoms. The van der Waals surface area contributed by atoms with E-state index in [0.29, 0.717) is 24.7 Å². The van der Waals surface area contributed by atoms with Crippen molar-refractivity contribution in [3.63, 3.8) is 0 Å². The lowest BCUT2D eigenvalue weighted by Gasteiger charge is -2.32. The number of carbonyl (C=O) groups excluding carboxylic acids is 2. The summed E-state index contributed by atoms with van der Waals surface area (Å²) >= 11 is 7.35. The zero-order chi connectivity index (χ0) is 20.1. The van der Waals surface area contributed by atoms with E-state index in [-0.39, 0.29) is 24.2 Å². The number of carbonyl (C=O) groups is 2. The van der Waals surface area contributed by atoms with E-state index in [1.165, 1.54) is 11.3 Å². The molecule has 0 spiro atoms. The maximum Gasteiger partial charge on any atom is 0.228 e. The quantitative estimate of drug-likeness (QED) is 0.718. The van der Waals surface area contributed by atoms with E-state index in [1.807, 2.05) is 22.4 Å². The van der Waals surface area contributed by atoms with E-state index in [9.17, 15) is 9.59 Å². The van der Waals surface area contributed by atoms with Gasteiger partial charge in [0.05, 0.1) is 12.1 Å². The highest BCUT2D eigenvalue weighted by Gasteiger charge is 2.28. The summed E-state index contributed by atoms with van der Waals surface area (Å²) in [5.41, 5.74) is 0.760. The fourth-order valence-electron chi connectivity index (χ4n) is 3.18. The molecule has 3 rings (SSSR count). The monoisotopic (exact) mass is 421 g/mol. The topological polar surface area (TPSA) is 62.7 Å². The van der Waals surface area contributed by atoms with Crippen LogP contribution in [0.2, 0.25) is 5.02 Å². The molecule has 2 aromatic rings. The molecule has 1 aromatic heterocycles. The van der Waals surface area contributed by atoms with Crippen LogP contribution in [-0.2, 0) is 22.6 Å². The molecule has 150 valence electrons. The molecule has 6 nitrogen and oxygen atoms in total. The molecule has 28 heavy (non-hydrogen) atoms. The van der Waals surface area contributed by atoms with E-state index in [2.05, 4.69) is 4.98 Å². The van der Waals surface area contributed by atoms with Crippen LogP contribution in [0.5, 0.6) is 5.75 Å². The Hall–Kier alpha value is -2.12. The van der Waals surface area contributed by atoms with Gasteiger partial charge in [0.1, 0.15) is 17.4 Å². The summed E-state index contributed by atoms with van der Waals surface area (Å²) in [5, 5.41) is 3.39. The van der Waals surface area contributed by atoms with Crippen LogP contribution in [0.1, 0.15) is 23.5 Å². The Kier molecular flexibility index (Phi) is 6.91. The van der Waals surface area contributed by atoms with Crippen molar-refractivity contribution in [1.82, 2.24) is 14.8 Å². The van der Waals surface area contributed by atoms with E-state index in [0.717, 1.165) is 29.3 Å². The minimum atomic E-state index is 0.0231. The highest BCUT2D eigenvalue weighted by atomic mass is 35.5.